The van der Waals surface area contributed by atoms with Gasteiger partial charge in [0, 0.05) is 25.3 Å². The topological polar surface area (TPSA) is 448 Å². The van der Waals surface area contributed by atoms with Gasteiger partial charge < -0.3 is 78.5 Å². The second-order valence-electron chi connectivity index (χ2n) is 14.5. The molecule has 0 aliphatic carbocycles. The van der Waals surface area contributed by atoms with Crippen LogP contribution in [0.2, 0.25) is 0 Å². The Bertz CT molecular complexity index is 1440. The van der Waals surface area contributed by atoms with E-state index in [2.05, 4.69) is 31.9 Å². The van der Waals surface area contributed by atoms with Crippen molar-refractivity contribution in [3.8, 4) is 0 Å². The number of carbonyl (C=O) groups excluding carboxylic acids is 3. The summed E-state index contributed by atoms with van der Waals surface area (Å²) in [6.45, 7) is 6.43. The Labute approximate surface area is 383 Å². The second kappa shape index (κ2) is 40.1. The molecule has 0 radical (unpaired) electrons. The minimum Gasteiger partial charge on any atom is -0.481 e. The molecule has 26 heteroatoms. The Hall–Kier alpha value is -6.47. The molecule has 66 heavy (non-hydrogen) atoms. The second-order valence-corrected chi connectivity index (χ2v) is 14.5. The number of unbranched alkanes of at least 4 members (excludes halogenated alkanes) is 5. The van der Waals surface area contributed by atoms with Crippen molar-refractivity contribution in [2.75, 3.05) is 6.54 Å². The van der Waals surface area contributed by atoms with E-state index in [1.165, 1.54) is 0 Å². The molecule has 0 fully saturated rings. The molecular formula is C40H73N7O19. The van der Waals surface area contributed by atoms with Crippen LogP contribution in [0.3, 0.4) is 0 Å². The predicted octanol–water partition coefficient (Wildman–Crippen LogP) is 2.42. The highest BCUT2D eigenvalue weighted by Crippen LogP contribution is 2.07. The van der Waals surface area contributed by atoms with E-state index in [1.807, 2.05) is 20.8 Å². The van der Waals surface area contributed by atoms with Crippen LogP contribution in [0.5, 0.6) is 0 Å². The van der Waals surface area contributed by atoms with Gasteiger partial charge >= 0.3 is 65.8 Å². The average molecular weight is 956 g/mol. The molecule has 0 aromatic heterocycles. The summed E-state index contributed by atoms with van der Waals surface area (Å²) in [5.41, 5.74) is 5.40. The average Bonchev–Trinajstić information content (AvgIpc) is 3.21. The van der Waals surface area contributed by atoms with E-state index in [-0.39, 0.29) is 52.0 Å². The van der Waals surface area contributed by atoms with Gasteiger partial charge in [0.15, 0.2) is 0 Å². The van der Waals surface area contributed by atoms with Crippen LogP contribution in [0.15, 0.2) is 0 Å². The van der Waals surface area contributed by atoms with Crippen molar-refractivity contribution in [2.45, 2.75) is 180 Å². The lowest BCUT2D eigenvalue weighted by molar-refractivity contribution is -0.142. The molecule has 26 nitrogen and oxygen atoms in total. The molecule has 0 spiro atoms. The molecule has 0 saturated heterocycles. The van der Waals surface area contributed by atoms with Gasteiger partial charge in [-0.15, -0.1) is 0 Å². The summed E-state index contributed by atoms with van der Waals surface area (Å²) in [6, 6.07) is -8.73. The predicted molar refractivity (Wildman–Crippen MR) is 235 cm³/mol. The van der Waals surface area contributed by atoms with Gasteiger partial charge in [0.2, 0.25) is 0 Å². The van der Waals surface area contributed by atoms with Gasteiger partial charge in [-0.25, -0.2) is 38.4 Å². The number of aliphatic carboxylic acids is 8. The summed E-state index contributed by atoms with van der Waals surface area (Å²) in [7, 11) is 0. The van der Waals surface area contributed by atoms with Crippen LogP contribution in [-0.2, 0) is 38.4 Å². The quantitative estimate of drug-likeness (QED) is 0.0420. The van der Waals surface area contributed by atoms with Crippen molar-refractivity contribution in [2.24, 2.45) is 5.73 Å². The highest BCUT2D eigenvalue weighted by atomic mass is 16.4. The smallest absolute Gasteiger partial charge is 0.326 e. The Morgan fingerprint density at radius 3 is 0.864 bits per heavy atom. The number of hydrogen-bond donors (Lipinski definition) is 15. The van der Waals surface area contributed by atoms with E-state index in [0.29, 0.717) is 19.4 Å². The van der Waals surface area contributed by atoms with Gasteiger partial charge in [0.25, 0.3) is 0 Å². The first-order chi connectivity index (χ1) is 30.4. The van der Waals surface area contributed by atoms with Gasteiger partial charge in [0.05, 0.1) is 0 Å². The minimum absolute atomic E-state index is 0. The van der Waals surface area contributed by atoms with Crippen molar-refractivity contribution >= 4 is 65.8 Å². The van der Waals surface area contributed by atoms with Gasteiger partial charge in [-0.05, 0) is 57.9 Å². The van der Waals surface area contributed by atoms with Crippen molar-refractivity contribution < 1.29 is 93.6 Å². The standard InChI is InChI=1S/C13H25N3O5.2C13H22N2O7.CH4/c1-2-9(5-3-4-8-14)15-13(21)16-10(12(19)20)6-7-11(17)18;2*1-2-3-4-5-8(11(18)19)14-13(22)15-9(12(20)21)6-7-10(16)17;/h9-10H,2-8,14H2,1H3,(H,17,18)(H,19,20)(H2,15,16,21);2*8-9H,2-7H2,1H3,(H,16,17)(H,18,19)(H,20,21)(H2,14,15,22);1H4/t;8-,9-;;/m.0../s1. The number of rotatable bonds is 33. The fourth-order valence-corrected chi connectivity index (χ4v) is 5.30. The van der Waals surface area contributed by atoms with Gasteiger partial charge in [-0.1, -0.05) is 73.1 Å². The summed E-state index contributed by atoms with van der Waals surface area (Å²) < 4.78 is 0. The summed E-state index contributed by atoms with van der Waals surface area (Å²) in [6.07, 6.45) is 6.54. The monoisotopic (exact) mass is 955 g/mol. The minimum atomic E-state index is -1.39. The normalized spacial score (nSPS) is 12.8. The maximum absolute atomic E-state index is 11.7. The molecule has 0 aromatic carbocycles. The number of carboxylic acid groups (broad SMARTS) is 8. The molecule has 6 amide bonds. The fourth-order valence-electron chi connectivity index (χ4n) is 5.30. The molecule has 0 bridgehead atoms. The highest BCUT2D eigenvalue weighted by molar-refractivity contribution is 5.87. The van der Waals surface area contributed by atoms with Crippen LogP contribution in [-0.4, -0.2) is 149 Å². The molecule has 0 heterocycles. The third-order valence-electron chi connectivity index (χ3n) is 8.99. The Morgan fingerprint density at radius 2 is 0.636 bits per heavy atom. The van der Waals surface area contributed by atoms with E-state index in [0.717, 1.165) is 51.4 Å². The first-order valence-corrected chi connectivity index (χ1v) is 21.2. The number of nitrogens with one attached hydrogen (secondary N) is 6. The van der Waals surface area contributed by atoms with Crippen molar-refractivity contribution in [3.63, 3.8) is 0 Å². The molecule has 4 unspecified atom stereocenters. The van der Waals surface area contributed by atoms with Crippen LogP contribution in [0.25, 0.3) is 0 Å². The lowest BCUT2D eigenvalue weighted by atomic mass is 10.1. The summed E-state index contributed by atoms with van der Waals surface area (Å²) in [5, 5.41) is 83.9. The molecular weight excluding hydrogens is 882 g/mol. The molecule has 382 valence electrons. The van der Waals surface area contributed by atoms with E-state index in [1.54, 1.807) is 0 Å². The number of amides is 6. The summed E-state index contributed by atoms with van der Waals surface area (Å²) >= 11 is 0. The lowest BCUT2D eigenvalue weighted by Gasteiger charge is -2.19. The van der Waals surface area contributed by atoms with E-state index in [4.69, 9.17) is 46.6 Å². The van der Waals surface area contributed by atoms with Crippen molar-refractivity contribution in [1.82, 2.24) is 31.9 Å². The molecule has 0 aromatic rings. The number of urea groups is 3. The number of carboxylic acids is 8. The zero-order valence-corrected chi connectivity index (χ0v) is 37.0. The number of nitrogens with two attached hydrogens (primary N) is 1. The molecule has 0 aliphatic heterocycles. The maximum Gasteiger partial charge on any atom is 0.326 e. The maximum atomic E-state index is 11.7. The number of carbonyl (C=O) groups is 11. The van der Waals surface area contributed by atoms with Gasteiger partial charge in [-0.2, -0.15) is 0 Å². The summed E-state index contributed by atoms with van der Waals surface area (Å²) in [5.74, 6) is -9.89. The van der Waals surface area contributed by atoms with Crippen LogP contribution in [0.1, 0.15) is 144 Å². The fraction of sp³-hybridized carbons (Fsp3) is 0.725. The zero-order chi connectivity index (χ0) is 50.5. The van der Waals surface area contributed by atoms with Crippen LogP contribution >= 0.6 is 0 Å². The highest BCUT2D eigenvalue weighted by Gasteiger charge is 2.26. The van der Waals surface area contributed by atoms with E-state index < -0.39 is 109 Å². The first-order valence-electron chi connectivity index (χ1n) is 21.2. The van der Waals surface area contributed by atoms with E-state index in [9.17, 15) is 52.7 Å². The third-order valence-corrected chi connectivity index (χ3v) is 8.99. The largest absolute Gasteiger partial charge is 0.481 e. The van der Waals surface area contributed by atoms with Crippen molar-refractivity contribution in [1.29, 1.82) is 0 Å². The number of hydrogen-bond acceptors (Lipinski definition) is 12. The molecule has 0 aliphatic rings. The van der Waals surface area contributed by atoms with Crippen LogP contribution in [0.4, 0.5) is 14.4 Å². The van der Waals surface area contributed by atoms with Crippen LogP contribution in [0, 0.1) is 0 Å². The lowest BCUT2D eigenvalue weighted by Crippen LogP contribution is -2.51. The Balaban J connectivity index is -0.000000434. The SMILES string of the molecule is C.CCC(CCCCN)NC(=O)NC(CCC(=O)O)C(=O)O.CCCCCC(NC(=O)NC(CCC(=O)O)C(=O)O)C(=O)O.CCCCC[C@H](NC(=O)N[C@@H](CCC(=O)O)C(=O)O)C(=O)O. The molecule has 0 rings (SSSR count). The van der Waals surface area contributed by atoms with Gasteiger partial charge in [0.1, 0.15) is 30.2 Å². The van der Waals surface area contributed by atoms with Crippen LogP contribution < -0.4 is 37.6 Å². The third kappa shape index (κ3) is 38.0. The van der Waals surface area contributed by atoms with Crippen molar-refractivity contribution in [3.05, 3.63) is 0 Å². The zero-order valence-electron chi connectivity index (χ0n) is 37.0. The Morgan fingerprint density at radius 1 is 0.379 bits per heavy atom. The van der Waals surface area contributed by atoms with Gasteiger partial charge in [-0.3, -0.25) is 14.4 Å². The summed E-state index contributed by atoms with van der Waals surface area (Å²) in [4.78, 5) is 121. The Kier molecular flexibility index (Phi) is 40.2. The van der Waals surface area contributed by atoms with E-state index >= 15 is 0 Å². The molecule has 0 saturated carbocycles. The molecule has 6 atom stereocenters. The molecule has 16 N–H and O–H groups in total. The first kappa shape index (κ1) is 66.1.